The van der Waals surface area contributed by atoms with Gasteiger partial charge in [0.25, 0.3) is 0 Å². The van der Waals surface area contributed by atoms with Gasteiger partial charge in [0, 0.05) is 32.7 Å². The minimum absolute atomic E-state index is 0. The fourth-order valence-corrected chi connectivity index (χ4v) is 5.23. The van der Waals surface area contributed by atoms with Crippen LogP contribution in [-0.2, 0) is 9.59 Å². The van der Waals surface area contributed by atoms with Gasteiger partial charge in [-0.05, 0) is 44.4 Å². The second-order valence-corrected chi connectivity index (χ2v) is 8.72. The second-order valence-electron chi connectivity index (χ2n) is 8.31. The third kappa shape index (κ3) is 4.89. The van der Waals surface area contributed by atoms with E-state index in [0.29, 0.717) is 6.54 Å². The molecule has 2 atom stereocenters. The first-order valence-corrected chi connectivity index (χ1v) is 11.1. The van der Waals surface area contributed by atoms with E-state index >= 15 is 0 Å². The van der Waals surface area contributed by atoms with Crippen LogP contribution in [0.4, 0.5) is 5.69 Å². The Kier molecular flexibility index (Phi) is 7.83. The van der Waals surface area contributed by atoms with Crippen molar-refractivity contribution in [2.75, 3.05) is 44.2 Å². The molecule has 1 aromatic rings. The molecule has 2 saturated heterocycles. The number of unbranched alkanes of at least 4 members (excludes halogenated alkanes) is 1. The maximum absolute atomic E-state index is 12.5. The molecule has 7 heteroatoms. The van der Waals surface area contributed by atoms with Crippen LogP contribution in [0.3, 0.4) is 0 Å². The van der Waals surface area contributed by atoms with Gasteiger partial charge in [0.1, 0.15) is 0 Å². The van der Waals surface area contributed by atoms with E-state index in [2.05, 4.69) is 15.9 Å². The van der Waals surface area contributed by atoms with Crippen molar-refractivity contribution in [1.29, 1.82) is 0 Å². The number of nitrogens with zero attached hydrogens (tertiary/aromatic N) is 3. The van der Waals surface area contributed by atoms with Crippen molar-refractivity contribution in [2.45, 2.75) is 38.5 Å². The fraction of sp³-hybridized carbons (Fsp3) is 0.636. The minimum atomic E-state index is -0.0147. The van der Waals surface area contributed by atoms with Crippen molar-refractivity contribution in [2.24, 2.45) is 11.8 Å². The molecule has 29 heavy (non-hydrogen) atoms. The quantitative estimate of drug-likeness (QED) is 0.498. The highest BCUT2D eigenvalue weighted by Gasteiger charge is 2.47. The summed E-state index contributed by atoms with van der Waals surface area (Å²) in [7, 11) is 0. The topological polar surface area (TPSA) is 43.9 Å². The molecule has 1 saturated carbocycles. The van der Waals surface area contributed by atoms with Gasteiger partial charge in [-0.25, -0.2) is 0 Å². The Morgan fingerprint density at radius 1 is 0.862 bits per heavy atom. The molecule has 5 nitrogen and oxygen atoms in total. The van der Waals surface area contributed by atoms with Gasteiger partial charge in [0.15, 0.2) is 0 Å². The number of amides is 2. The summed E-state index contributed by atoms with van der Waals surface area (Å²) in [5, 5.41) is 0.816. The summed E-state index contributed by atoms with van der Waals surface area (Å²) in [5.41, 5.74) is 1.12. The summed E-state index contributed by atoms with van der Waals surface area (Å²) in [6.07, 6.45) is 5.92. The molecule has 2 amide bonds. The number of rotatable bonds is 6. The summed E-state index contributed by atoms with van der Waals surface area (Å²) < 4.78 is 0. The van der Waals surface area contributed by atoms with Crippen molar-refractivity contribution >= 4 is 41.5 Å². The first-order chi connectivity index (χ1) is 13.6. The highest BCUT2D eigenvalue weighted by atomic mass is 35.5. The number of fused-ring (bicyclic) bond motifs is 1. The first kappa shape index (κ1) is 22.4. The molecule has 0 radical (unpaired) electrons. The largest absolute Gasteiger partial charge is 0.368 e. The zero-order chi connectivity index (χ0) is 19.5. The predicted molar refractivity (Wildman–Crippen MR) is 119 cm³/mol. The van der Waals surface area contributed by atoms with Crippen LogP contribution in [0, 0.1) is 11.8 Å². The monoisotopic (exact) mass is 439 g/mol. The van der Waals surface area contributed by atoms with Crippen molar-refractivity contribution in [1.82, 2.24) is 9.80 Å². The van der Waals surface area contributed by atoms with Gasteiger partial charge in [-0.2, -0.15) is 0 Å². The Morgan fingerprint density at radius 2 is 1.45 bits per heavy atom. The van der Waals surface area contributed by atoms with Crippen LogP contribution in [0.5, 0.6) is 0 Å². The number of para-hydroxylation sites is 1. The molecular weight excluding hydrogens is 409 g/mol. The number of anilines is 1. The number of benzene rings is 1. The zero-order valence-corrected chi connectivity index (χ0v) is 18.5. The van der Waals surface area contributed by atoms with Gasteiger partial charge in [-0.15, -0.1) is 12.4 Å². The van der Waals surface area contributed by atoms with Crippen LogP contribution in [0.2, 0.25) is 5.02 Å². The van der Waals surface area contributed by atoms with Gasteiger partial charge in [0.05, 0.1) is 22.5 Å². The van der Waals surface area contributed by atoms with Crippen LogP contribution in [0.1, 0.15) is 38.5 Å². The highest BCUT2D eigenvalue weighted by Crippen LogP contribution is 2.38. The van der Waals surface area contributed by atoms with Gasteiger partial charge in [-0.1, -0.05) is 36.6 Å². The van der Waals surface area contributed by atoms with Gasteiger partial charge < -0.3 is 4.90 Å². The number of halogens is 2. The van der Waals surface area contributed by atoms with E-state index in [0.717, 1.165) is 82.0 Å². The number of carbonyl (C=O) groups is 2. The number of piperazine rings is 1. The van der Waals surface area contributed by atoms with Crippen molar-refractivity contribution in [3.8, 4) is 0 Å². The van der Waals surface area contributed by atoms with E-state index < -0.39 is 0 Å². The van der Waals surface area contributed by atoms with Crippen LogP contribution < -0.4 is 4.90 Å². The molecule has 2 aliphatic heterocycles. The number of likely N-dealkylation sites (tertiary alicyclic amines) is 1. The molecule has 1 aliphatic carbocycles. The maximum atomic E-state index is 12.5. The Labute approximate surface area is 184 Å². The molecule has 3 aliphatic rings. The van der Waals surface area contributed by atoms with E-state index in [1.54, 1.807) is 4.90 Å². The van der Waals surface area contributed by atoms with E-state index in [9.17, 15) is 9.59 Å². The summed E-state index contributed by atoms with van der Waals surface area (Å²) in [4.78, 5) is 31.4. The van der Waals surface area contributed by atoms with E-state index in [-0.39, 0.29) is 36.1 Å². The normalized spacial score (nSPS) is 25.1. The summed E-state index contributed by atoms with van der Waals surface area (Å²) in [6.45, 7) is 5.64. The zero-order valence-electron chi connectivity index (χ0n) is 16.9. The molecule has 0 N–H and O–H groups in total. The van der Waals surface area contributed by atoms with Crippen LogP contribution in [0.15, 0.2) is 24.3 Å². The van der Waals surface area contributed by atoms with E-state index in [1.807, 2.05) is 18.2 Å². The maximum Gasteiger partial charge on any atom is 0.233 e. The minimum Gasteiger partial charge on any atom is -0.368 e. The predicted octanol–water partition coefficient (Wildman–Crippen LogP) is 3.84. The SMILES string of the molecule is Cl.O=C1C2CCCCC2C(=O)N1CCCCN1CCN(c2ccccc2Cl)CC1. The van der Waals surface area contributed by atoms with Crippen LogP contribution in [-0.4, -0.2) is 60.9 Å². The van der Waals surface area contributed by atoms with Crippen LogP contribution in [0.25, 0.3) is 0 Å². The first-order valence-electron chi connectivity index (χ1n) is 10.7. The lowest BCUT2D eigenvalue weighted by molar-refractivity contribution is -0.140. The second kappa shape index (κ2) is 10.1. The molecule has 2 unspecified atom stereocenters. The molecule has 0 bridgehead atoms. The van der Waals surface area contributed by atoms with Gasteiger partial charge >= 0.3 is 0 Å². The Balaban J connectivity index is 0.00000240. The molecular formula is C22H31Cl2N3O2. The number of hydrogen-bond donors (Lipinski definition) is 0. The van der Waals surface area contributed by atoms with Crippen molar-refractivity contribution in [3.63, 3.8) is 0 Å². The van der Waals surface area contributed by atoms with Gasteiger partial charge in [0.2, 0.25) is 11.8 Å². The number of imide groups is 1. The average Bonchev–Trinajstić information content (AvgIpc) is 2.97. The molecule has 0 aromatic heterocycles. The molecule has 3 fully saturated rings. The van der Waals surface area contributed by atoms with Gasteiger partial charge in [-0.3, -0.25) is 19.4 Å². The molecule has 4 rings (SSSR count). The van der Waals surface area contributed by atoms with Crippen LogP contribution >= 0.6 is 24.0 Å². The van der Waals surface area contributed by atoms with Crippen molar-refractivity contribution < 1.29 is 9.59 Å². The lowest BCUT2D eigenvalue weighted by atomic mass is 9.81. The number of carbonyl (C=O) groups excluding carboxylic acids is 2. The molecule has 0 spiro atoms. The molecule has 160 valence electrons. The number of hydrogen-bond acceptors (Lipinski definition) is 4. The standard InChI is InChI=1S/C22H30ClN3O2.ClH/c23-19-9-3-4-10-20(19)25-15-13-24(14-16-25)11-5-6-12-26-21(27)17-7-1-2-8-18(17)22(26)28;/h3-4,9-10,17-18H,1-2,5-8,11-16H2;1H. The van der Waals surface area contributed by atoms with E-state index in [4.69, 9.17) is 11.6 Å². The average molecular weight is 440 g/mol. The lowest BCUT2D eigenvalue weighted by Gasteiger charge is -2.36. The Hall–Kier alpha value is -1.30. The van der Waals surface area contributed by atoms with E-state index in [1.165, 1.54) is 0 Å². The molecule has 2 heterocycles. The lowest BCUT2D eigenvalue weighted by Crippen LogP contribution is -2.46. The summed E-state index contributed by atoms with van der Waals surface area (Å²) >= 11 is 6.31. The Morgan fingerprint density at radius 3 is 2.07 bits per heavy atom. The summed E-state index contributed by atoms with van der Waals surface area (Å²) in [5.74, 6) is 0.171. The Bertz CT molecular complexity index is 698. The molecule has 1 aromatic carbocycles. The van der Waals surface area contributed by atoms with Crippen molar-refractivity contribution in [3.05, 3.63) is 29.3 Å². The third-order valence-electron chi connectivity index (χ3n) is 6.60. The highest BCUT2D eigenvalue weighted by molar-refractivity contribution is 6.33. The smallest absolute Gasteiger partial charge is 0.233 e. The summed E-state index contributed by atoms with van der Waals surface area (Å²) in [6, 6.07) is 8.03. The fourth-order valence-electron chi connectivity index (χ4n) is 4.98. The third-order valence-corrected chi connectivity index (χ3v) is 6.92.